The zero-order chi connectivity index (χ0) is 29.1. The highest BCUT2D eigenvalue weighted by Crippen LogP contribution is 2.19. The third kappa shape index (κ3) is 14.2. The maximum Gasteiger partial charge on any atom is 0.251 e. The Morgan fingerprint density at radius 2 is 1.15 bits per heavy atom. The van der Waals surface area contributed by atoms with Crippen LogP contribution >= 0.6 is 0 Å². The fourth-order valence-corrected chi connectivity index (χ4v) is 6.19. The minimum atomic E-state index is -3.33. The topological polar surface area (TPSA) is 83.5 Å². The second-order valence-electron chi connectivity index (χ2n) is 11.0. The summed E-state index contributed by atoms with van der Waals surface area (Å²) in [6.07, 6.45) is 21.9. The molecule has 0 aromatic heterocycles. The third-order valence-electron chi connectivity index (χ3n) is 7.37. The standard InChI is InChI=1S/C34H51NO4S/c1-3-4-5-6-7-8-9-10-11-12-13-14-15-16-17-18-27-40(38,39)33-25-21-31(22-26-33)35-34(37)29(2)28-30-19-23-32(36)24-20-30/h19-26,28,36H,3-18,27H2,1-2H3,(H,35,37)/b29-28+. The van der Waals surface area contributed by atoms with Gasteiger partial charge in [0.25, 0.3) is 5.91 Å². The van der Waals surface area contributed by atoms with Crippen LogP contribution in [0.5, 0.6) is 5.75 Å². The normalized spacial score (nSPS) is 12.0. The first-order valence-corrected chi connectivity index (χ1v) is 17.1. The lowest BCUT2D eigenvalue weighted by molar-refractivity contribution is -0.112. The van der Waals surface area contributed by atoms with Crippen LogP contribution in [0, 0.1) is 0 Å². The number of benzene rings is 2. The predicted octanol–water partition coefficient (Wildman–Crippen LogP) is 9.47. The van der Waals surface area contributed by atoms with E-state index in [-0.39, 0.29) is 17.4 Å². The number of anilines is 1. The Labute approximate surface area is 243 Å². The van der Waals surface area contributed by atoms with Crippen molar-refractivity contribution in [3.8, 4) is 5.75 Å². The van der Waals surface area contributed by atoms with E-state index in [1.807, 2.05) is 0 Å². The number of phenolic OH excluding ortho intramolecular Hbond substituents is 1. The third-order valence-corrected chi connectivity index (χ3v) is 9.19. The van der Waals surface area contributed by atoms with Crippen molar-refractivity contribution in [1.82, 2.24) is 0 Å². The second-order valence-corrected chi connectivity index (χ2v) is 13.1. The van der Waals surface area contributed by atoms with Crippen LogP contribution in [0.1, 0.15) is 122 Å². The van der Waals surface area contributed by atoms with Crippen LogP contribution < -0.4 is 5.32 Å². The summed E-state index contributed by atoms with van der Waals surface area (Å²) in [7, 11) is -3.33. The number of sulfone groups is 1. The number of unbranched alkanes of at least 4 members (excludes halogenated alkanes) is 15. The number of hydrogen-bond acceptors (Lipinski definition) is 4. The van der Waals surface area contributed by atoms with Crippen LogP contribution in [-0.2, 0) is 14.6 Å². The van der Waals surface area contributed by atoms with Gasteiger partial charge in [0.2, 0.25) is 0 Å². The van der Waals surface area contributed by atoms with E-state index in [2.05, 4.69) is 12.2 Å². The molecule has 0 saturated heterocycles. The molecule has 0 aliphatic heterocycles. The van der Waals surface area contributed by atoms with Crippen LogP contribution in [-0.4, -0.2) is 25.2 Å². The Kier molecular flexibility index (Phi) is 16.4. The summed E-state index contributed by atoms with van der Waals surface area (Å²) >= 11 is 0. The van der Waals surface area contributed by atoms with Crippen LogP contribution in [0.4, 0.5) is 5.69 Å². The van der Waals surface area contributed by atoms with Crippen LogP contribution in [0.3, 0.4) is 0 Å². The Morgan fingerprint density at radius 1 is 0.700 bits per heavy atom. The molecule has 0 fully saturated rings. The molecule has 6 heteroatoms. The van der Waals surface area contributed by atoms with Gasteiger partial charge in [0.1, 0.15) is 5.75 Å². The molecular formula is C34H51NO4S. The van der Waals surface area contributed by atoms with E-state index in [9.17, 15) is 18.3 Å². The molecule has 0 atom stereocenters. The highest BCUT2D eigenvalue weighted by molar-refractivity contribution is 7.91. The van der Waals surface area contributed by atoms with Crippen molar-refractivity contribution in [2.24, 2.45) is 0 Å². The number of nitrogens with one attached hydrogen (secondary N) is 1. The first-order valence-electron chi connectivity index (χ1n) is 15.4. The minimum absolute atomic E-state index is 0.158. The molecule has 1 amide bonds. The maximum atomic E-state index is 12.7. The van der Waals surface area contributed by atoms with Gasteiger partial charge in [-0.25, -0.2) is 8.42 Å². The molecule has 2 N–H and O–H groups in total. The molecule has 0 aliphatic rings. The summed E-state index contributed by atoms with van der Waals surface area (Å²) in [4.78, 5) is 12.8. The molecule has 0 heterocycles. The molecule has 0 spiro atoms. The Hall–Kier alpha value is -2.60. The quantitative estimate of drug-likeness (QED) is 0.116. The van der Waals surface area contributed by atoms with E-state index in [1.165, 1.54) is 83.5 Å². The number of rotatable bonds is 21. The maximum absolute atomic E-state index is 12.7. The summed E-state index contributed by atoms with van der Waals surface area (Å²) in [5, 5.41) is 12.2. The molecule has 0 bridgehead atoms. The summed E-state index contributed by atoms with van der Waals surface area (Å²) in [5.74, 6) is 0.0620. The molecule has 5 nitrogen and oxygen atoms in total. The summed E-state index contributed by atoms with van der Waals surface area (Å²) in [6, 6.07) is 13.0. The number of aromatic hydroxyl groups is 1. The van der Waals surface area contributed by atoms with Gasteiger partial charge >= 0.3 is 0 Å². The van der Waals surface area contributed by atoms with Crippen molar-refractivity contribution in [2.45, 2.75) is 121 Å². The molecule has 2 aromatic carbocycles. The summed E-state index contributed by atoms with van der Waals surface area (Å²) in [6.45, 7) is 3.97. The average Bonchev–Trinajstić information content (AvgIpc) is 2.94. The van der Waals surface area contributed by atoms with Crippen LogP contribution in [0.2, 0.25) is 0 Å². The van der Waals surface area contributed by atoms with Crippen molar-refractivity contribution in [2.75, 3.05) is 11.1 Å². The van der Waals surface area contributed by atoms with E-state index in [4.69, 9.17) is 0 Å². The van der Waals surface area contributed by atoms with E-state index in [1.54, 1.807) is 61.5 Å². The Balaban J connectivity index is 1.57. The van der Waals surface area contributed by atoms with Gasteiger partial charge in [0.05, 0.1) is 10.6 Å². The number of carbonyl (C=O) groups excluding carboxylic acids is 1. The van der Waals surface area contributed by atoms with Gasteiger partial charge in [-0.3, -0.25) is 4.79 Å². The van der Waals surface area contributed by atoms with Crippen molar-refractivity contribution < 1.29 is 18.3 Å². The largest absolute Gasteiger partial charge is 0.508 e. The molecule has 2 aromatic rings. The molecule has 0 aliphatic carbocycles. The molecule has 40 heavy (non-hydrogen) atoms. The molecular weight excluding hydrogens is 518 g/mol. The number of phenols is 1. The first-order chi connectivity index (χ1) is 19.3. The van der Waals surface area contributed by atoms with E-state index in [0.29, 0.717) is 22.6 Å². The predicted molar refractivity (Wildman–Crippen MR) is 168 cm³/mol. The van der Waals surface area contributed by atoms with Gasteiger partial charge in [0, 0.05) is 11.3 Å². The fraction of sp³-hybridized carbons (Fsp3) is 0.559. The van der Waals surface area contributed by atoms with Gasteiger partial charge in [-0.05, 0) is 61.4 Å². The Bertz CT molecular complexity index is 1110. The van der Waals surface area contributed by atoms with E-state index >= 15 is 0 Å². The zero-order valence-corrected chi connectivity index (χ0v) is 25.6. The van der Waals surface area contributed by atoms with Crippen molar-refractivity contribution in [1.29, 1.82) is 0 Å². The lowest BCUT2D eigenvalue weighted by atomic mass is 10.0. The SMILES string of the molecule is CCCCCCCCCCCCCCCCCCS(=O)(=O)c1ccc(NC(=O)/C(C)=C/c2ccc(O)cc2)cc1. The number of amides is 1. The second kappa shape index (κ2) is 19.5. The smallest absolute Gasteiger partial charge is 0.251 e. The van der Waals surface area contributed by atoms with Gasteiger partial charge in [-0.2, -0.15) is 0 Å². The minimum Gasteiger partial charge on any atom is -0.508 e. The van der Waals surface area contributed by atoms with Crippen LogP contribution in [0.25, 0.3) is 6.08 Å². The fourth-order valence-electron chi connectivity index (χ4n) is 4.82. The molecule has 222 valence electrons. The molecule has 0 unspecified atom stereocenters. The lowest BCUT2D eigenvalue weighted by Gasteiger charge is -2.08. The summed E-state index contributed by atoms with van der Waals surface area (Å²) in [5.41, 5.74) is 1.86. The number of hydrogen-bond donors (Lipinski definition) is 2. The van der Waals surface area contributed by atoms with E-state index in [0.717, 1.165) is 18.4 Å². The number of carbonyl (C=O) groups is 1. The van der Waals surface area contributed by atoms with Crippen LogP contribution in [0.15, 0.2) is 59.0 Å². The van der Waals surface area contributed by atoms with E-state index < -0.39 is 9.84 Å². The molecule has 0 saturated carbocycles. The highest BCUT2D eigenvalue weighted by atomic mass is 32.2. The zero-order valence-electron chi connectivity index (χ0n) is 24.8. The Morgan fingerprint density at radius 3 is 1.62 bits per heavy atom. The van der Waals surface area contributed by atoms with Crippen molar-refractivity contribution in [3.63, 3.8) is 0 Å². The van der Waals surface area contributed by atoms with Gasteiger partial charge < -0.3 is 10.4 Å². The molecule has 2 rings (SSSR count). The van der Waals surface area contributed by atoms with Gasteiger partial charge in [-0.15, -0.1) is 0 Å². The molecule has 0 radical (unpaired) electrons. The summed E-state index contributed by atoms with van der Waals surface area (Å²) < 4.78 is 25.5. The first kappa shape index (κ1) is 33.6. The lowest BCUT2D eigenvalue weighted by Crippen LogP contribution is -2.13. The average molecular weight is 570 g/mol. The van der Waals surface area contributed by atoms with Gasteiger partial charge in [0.15, 0.2) is 9.84 Å². The monoisotopic (exact) mass is 569 g/mol. The van der Waals surface area contributed by atoms with Gasteiger partial charge in [-0.1, -0.05) is 115 Å². The van der Waals surface area contributed by atoms with Crippen molar-refractivity contribution in [3.05, 3.63) is 59.7 Å². The highest BCUT2D eigenvalue weighted by Gasteiger charge is 2.14. The van der Waals surface area contributed by atoms with Crippen molar-refractivity contribution >= 4 is 27.5 Å².